The van der Waals surface area contributed by atoms with Crippen molar-refractivity contribution in [3.05, 3.63) is 29.8 Å². The van der Waals surface area contributed by atoms with Crippen LogP contribution in [0.5, 0.6) is 5.75 Å². The molecule has 3 nitrogen and oxygen atoms in total. The van der Waals surface area contributed by atoms with Crippen LogP contribution < -0.4 is 16.0 Å². The topological polar surface area (TPSA) is 47.3 Å². The molecular formula is C12H15ClF2N2O. The number of alkyl halides is 3. The molecule has 0 aliphatic carbocycles. The molecule has 1 aromatic rings. The summed E-state index contributed by atoms with van der Waals surface area (Å²) in [6, 6.07) is 6.19. The third-order valence-electron chi connectivity index (χ3n) is 3.20. The molecule has 18 heavy (non-hydrogen) atoms. The zero-order valence-corrected chi connectivity index (χ0v) is 10.5. The predicted octanol–water partition coefficient (Wildman–Crippen LogP) is 2.61. The Labute approximate surface area is 109 Å². The van der Waals surface area contributed by atoms with Gasteiger partial charge in [0.05, 0.1) is 6.61 Å². The molecule has 1 aromatic carbocycles. The van der Waals surface area contributed by atoms with Crippen molar-refractivity contribution in [3.63, 3.8) is 0 Å². The molecule has 0 amide bonds. The van der Waals surface area contributed by atoms with Crippen molar-refractivity contribution < 1.29 is 13.5 Å². The summed E-state index contributed by atoms with van der Waals surface area (Å²) in [6.45, 7) is 0.521. The van der Waals surface area contributed by atoms with Gasteiger partial charge < -0.3 is 4.74 Å². The van der Waals surface area contributed by atoms with Crippen molar-refractivity contribution in [1.82, 2.24) is 5.43 Å². The zero-order valence-electron chi connectivity index (χ0n) is 9.70. The lowest BCUT2D eigenvalue weighted by Crippen LogP contribution is -2.46. The van der Waals surface area contributed by atoms with E-state index in [1.807, 2.05) is 24.3 Å². The number of benzene rings is 1. The van der Waals surface area contributed by atoms with Gasteiger partial charge in [0.1, 0.15) is 11.8 Å². The van der Waals surface area contributed by atoms with Crippen molar-refractivity contribution in [2.45, 2.75) is 30.2 Å². The van der Waals surface area contributed by atoms with Gasteiger partial charge >= 0.3 is 5.38 Å². The van der Waals surface area contributed by atoms with Gasteiger partial charge in [-0.1, -0.05) is 18.2 Å². The largest absolute Gasteiger partial charge is 0.493 e. The quantitative estimate of drug-likeness (QED) is 0.505. The first-order valence-corrected chi connectivity index (χ1v) is 6.14. The van der Waals surface area contributed by atoms with Crippen molar-refractivity contribution in [1.29, 1.82) is 0 Å². The van der Waals surface area contributed by atoms with E-state index >= 15 is 0 Å². The van der Waals surface area contributed by atoms with Gasteiger partial charge in [0, 0.05) is 0 Å². The summed E-state index contributed by atoms with van der Waals surface area (Å²) in [7, 11) is 0. The summed E-state index contributed by atoms with van der Waals surface area (Å²) >= 11 is 5.04. The van der Waals surface area contributed by atoms with E-state index in [0.29, 0.717) is 13.0 Å². The van der Waals surface area contributed by atoms with Crippen LogP contribution in [0.1, 0.15) is 24.3 Å². The molecule has 100 valence electrons. The molecular weight excluding hydrogens is 262 g/mol. The van der Waals surface area contributed by atoms with Crippen LogP contribution in [-0.2, 0) is 0 Å². The second kappa shape index (κ2) is 5.38. The fourth-order valence-corrected chi connectivity index (χ4v) is 2.39. The van der Waals surface area contributed by atoms with Gasteiger partial charge in [0.25, 0.3) is 0 Å². The molecule has 0 fully saturated rings. The zero-order chi connectivity index (χ0) is 13.2. The fourth-order valence-electron chi connectivity index (χ4n) is 2.24. The molecule has 1 aliphatic heterocycles. The van der Waals surface area contributed by atoms with E-state index in [9.17, 15) is 8.78 Å². The summed E-state index contributed by atoms with van der Waals surface area (Å²) in [5, 5.41) is -3.36. The SMILES string of the molecule is NNC(CC1CCOc2ccccc21)C(F)(F)Cl. The van der Waals surface area contributed by atoms with Gasteiger partial charge in [0.15, 0.2) is 0 Å². The first-order valence-electron chi connectivity index (χ1n) is 5.77. The van der Waals surface area contributed by atoms with Gasteiger partial charge in [0.2, 0.25) is 0 Å². The molecule has 0 saturated heterocycles. The lowest BCUT2D eigenvalue weighted by Gasteiger charge is -2.30. The summed E-state index contributed by atoms with van der Waals surface area (Å²) in [5.41, 5.74) is 3.03. The molecule has 3 N–H and O–H groups in total. The Hall–Kier alpha value is -0.910. The number of rotatable bonds is 4. The van der Waals surface area contributed by atoms with Crippen molar-refractivity contribution in [3.8, 4) is 5.75 Å². The number of hydrogen-bond acceptors (Lipinski definition) is 3. The molecule has 1 aliphatic rings. The van der Waals surface area contributed by atoms with Crippen LogP contribution in [0.25, 0.3) is 0 Å². The predicted molar refractivity (Wildman–Crippen MR) is 65.8 cm³/mol. The van der Waals surface area contributed by atoms with E-state index in [1.54, 1.807) is 0 Å². The molecule has 6 heteroatoms. The molecule has 0 radical (unpaired) electrons. The van der Waals surface area contributed by atoms with E-state index in [4.69, 9.17) is 22.2 Å². The minimum atomic E-state index is -3.36. The minimum Gasteiger partial charge on any atom is -0.493 e. The minimum absolute atomic E-state index is 0.0272. The smallest absolute Gasteiger partial charge is 0.338 e. The van der Waals surface area contributed by atoms with Crippen LogP contribution in [0, 0.1) is 0 Å². The Morgan fingerprint density at radius 3 is 2.89 bits per heavy atom. The molecule has 0 bridgehead atoms. The maximum atomic E-state index is 13.1. The van der Waals surface area contributed by atoms with Crippen LogP contribution in [0.2, 0.25) is 0 Å². The average molecular weight is 277 g/mol. The number of hydrazine groups is 1. The lowest BCUT2D eigenvalue weighted by molar-refractivity contribution is 0.0417. The van der Waals surface area contributed by atoms with Crippen molar-refractivity contribution >= 4 is 11.6 Å². The van der Waals surface area contributed by atoms with Gasteiger partial charge in [-0.3, -0.25) is 5.84 Å². The van der Waals surface area contributed by atoms with Crippen LogP contribution in [0.15, 0.2) is 24.3 Å². The molecule has 2 unspecified atom stereocenters. The van der Waals surface area contributed by atoms with Crippen LogP contribution in [0.3, 0.4) is 0 Å². The highest BCUT2D eigenvalue weighted by atomic mass is 35.5. The summed E-state index contributed by atoms with van der Waals surface area (Å²) < 4.78 is 31.7. The molecule has 2 atom stereocenters. The van der Waals surface area contributed by atoms with E-state index in [2.05, 4.69) is 5.43 Å². The molecule has 0 spiro atoms. The van der Waals surface area contributed by atoms with Crippen LogP contribution in [0.4, 0.5) is 8.78 Å². The number of halogens is 3. The van der Waals surface area contributed by atoms with Gasteiger partial charge in [-0.2, -0.15) is 8.78 Å². The highest BCUT2D eigenvalue weighted by Crippen LogP contribution is 2.38. The maximum Gasteiger partial charge on any atom is 0.338 e. The van der Waals surface area contributed by atoms with Gasteiger partial charge in [-0.05, 0) is 42.0 Å². The highest BCUT2D eigenvalue weighted by molar-refractivity contribution is 6.22. The van der Waals surface area contributed by atoms with Crippen LogP contribution in [-0.4, -0.2) is 18.0 Å². The summed E-state index contributed by atoms with van der Waals surface area (Å²) in [6.07, 6.45) is 0.857. The first-order chi connectivity index (χ1) is 8.52. The Morgan fingerprint density at radius 2 is 2.22 bits per heavy atom. The normalized spacial score (nSPS) is 21.0. The van der Waals surface area contributed by atoms with E-state index in [0.717, 1.165) is 11.3 Å². The van der Waals surface area contributed by atoms with Crippen molar-refractivity contribution in [2.24, 2.45) is 5.84 Å². The molecule has 0 aromatic heterocycles. The van der Waals surface area contributed by atoms with Crippen molar-refractivity contribution in [2.75, 3.05) is 6.61 Å². The standard InChI is InChI=1S/C12H15ClF2N2O/c13-12(14,15)11(17-16)7-8-5-6-18-10-4-2-1-3-9(8)10/h1-4,8,11,17H,5-7,16H2. The monoisotopic (exact) mass is 276 g/mol. The summed E-state index contributed by atoms with van der Waals surface area (Å²) in [4.78, 5) is 0. The number of nitrogens with two attached hydrogens (primary N) is 1. The first kappa shape index (κ1) is 13.5. The van der Waals surface area contributed by atoms with Gasteiger partial charge in [-0.25, -0.2) is 5.43 Å². The second-order valence-corrected chi connectivity index (χ2v) is 4.87. The average Bonchev–Trinajstić information content (AvgIpc) is 2.34. The Bertz CT molecular complexity index is 411. The number of nitrogens with one attached hydrogen (secondary N) is 1. The van der Waals surface area contributed by atoms with E-state index in [1.165, 1.54) is 0 Å². The fraction of sp³-hybridized carbons (Fsp3) is 0.500. The third-order valence-corrected chi connectivity index (χ3v) is 3.46. The van der Waals surface area contributed by atoms with Gasteiger partial charge in [-0.15, -0.1) is 0 Å². The van der Waals surface area contributed by atoms with Crippen LogP contribution >= 0.6 is 11.6 Å². The number of hydrogen-bond donors (Lipinski definition) is 2. The number of para-hydroxylation sites is 1. The third kappa shape index (κ3) is 2.91. The number of ether oxygens (including phenoxy) is 1. The Morgan fingerprint density at radius 1 is 1.50 bits per heavy atom. The second-order valence-electron chi connectivity index (χ2n) is 4.37. The highest BCUT2D eigenvalue weighted by Gasteiger charge is 2.39. The molecule has 0 saturated carbocycles. The van der Waals surface area contributed by atoms with E-state index in [-0.39, 0.29) is 12.3 Å². The molecule has 2 rings (SSSR count). The number of fused-ring (bicyclic) bond motifs is 1. The lowest BCUT2D eigenvalue weighted by atomic mass is 9.87. The molecule has 1 heterocycles. The summed E-state index contributed by atoms with van der Waals surface area (Å²) in [5.74, 6) is 5.88. The Kier molecular flexibility index (Phi) is 4.04. The Balaban J connectivity index is 2.16. The van der Waals surface area contributed by atoms with E-state index < -0.39 is 11.4 Å². The maximum absolute atomic E-state index is 13.1.